The minimum atomic E-state index is -0.529. The van der Waals surface area contributed by atoms with E-state index < -0.39 is 5.41 Å². The molecule has 2 aliphatic rings. The van der Waals surface area contributed by atoms with Crippen molar-refractivity contribution in [3.63, 3.8) is 0 Å². The van der Waals surface area contributed by atoms with Gasteiger partial charge in [-0.25, -0.2) is 9.98 Å². The molecule has 0 fully saturated rings. The van der Waals surface area contributed by atoms with E-state index in [1.165, 1.54) is 32.7 Å². The fraction of sp³-hybridized carbons (Fsp3) is 0.241. The van der Waals surface area contributed by atoms with Crippen molar-refractivity contribution in [1.82, 2.24) is 0 Å². The van der Waals surface area contributed by atoms with Gasteiger partial charge in [-0.2, -0.15) is 0 Å². The first-order chi connectivity index (χ1) is 16.1. The SMILES string of the molecule is CC(C)(C1=N[C@H](c2cccc3ccccc23)CO1)C1=N[C@H](c2cccc3ccccc23)CO1. The summed E-state index contributed by atoms with van der Waals surface area (Å²) in [6.45, 7) is 5.24. The first kappa shape index (κ1) is 20.0. The van der Waals surface area contributed by atoms with Gasteiger partial charge in [-0.05, 0) is 46.5 Å². The first-order valence-corrected chi connectivity index (χ1v) is 11.5. The van der Waals surface area contributed by atoms with Crippen molar-refractivity contribution in [1.29, 1.82) is 0 Å². The number of benzene rings is 4. The van der Waals surface area contributed by atoms with Crippen LogP contribution in [0.3, 0.4) is 0 Å². The third-order valence-corrected chi connectivity index (χ3v) is 6.74. The Morgan fingerprint density at radius 3 is 1.52 bits per heavy atom. The Morgan fingerprint density at radius 1 is 0.606 bits per heavy atom. The molecule has 0 amide bonds. The second-order valence-corrected chi connectivity index (χ2v) is 9.28. The van der Waals surface area contributed by atoms with Crippen LogP contribution in [0.4, 0.5) is 0 Å². The van der Waals surface area contributed by atoms with Gasteiger partial charge in [-0.3, -0.25) is 0 Å². The second-order valence-electron chi connectivity index (χ2n) is 9.28. The van der Waals surface area contributed by atoms with Gasteiger partial charge < -0.3 is 9.47 Å². The molecule has 164 valence electrons. The van der Waals surface area contributed by atoms with E-state index in [0.29, 0.717) is 25.0 Å². The largest absolute Gasteiger partial charge is 0.478 e. The Balaban J connectivity index is 1.31. The molecular weight excluding hydrogens is 408 g/mol. The molecule has 2 aliphatic heterocycles. The van der Waals surface area contributed by atoms with Crippen molar-refractivity contribution < 1.29 is 9.47 Å². The number of nitrogens with zero attached hydrogens (tertiary/aromatic N) is 2. The molecule has 33 heavy (non-hydrogen) atoms. The maximum atomic E-state index is 6.15. The highest BCUT2D eigenvalue weighted by molar-refractivity contribution is 6.05. The van der Waals surface area contributed by atoms with Crippen LogP contribution in [0.15, 0.2) is 94.9 Å². The molecule has 0 radical (unpaired) electrons. The summed E-state index contributed by atoms with van der Waals surface area (Å²) >= 11 is 0. The Bertz CT molecular complexity index is 1300. The molecule has 0 bridgehead atoms. The molecule has 0 saturated carbocycles. The highest BCUT2D eigenvalue weighted by atomic mass is 16.5. The fourth-order valence-corrected chi connectivity index (χ4v) is 4.92. The zero-order chi connectivity index (χ0) is 22.4. The lowest BCUT2D eigenvalue weighted by Crippen LogP contribution is -2.34. The third-order valence-electron chi connectivity index (χ3n) is 6.74. The summed E-state index contributed by atoms with van der Waals surface area (Å²) in [5, 5.41) is 4.89. The van der Waals surface area contributed by atoms with Crippen LogP contribution in [-0.4, -0.2) is 25.0 Å². The van der Waals surface area contributed by atoms with Gasteiger partial charge >= 0.3 is 0 Å². The molecule has 4 aromatic rings. The first-order valence-electron chi connectivity index (χ1n) is 11.5. The standard InChI is InChI=1S/C29H26N2O2/c1-29(2,27-30-25(17-32-27)23-15-7-11-19-9-3-5-13-21(19)23)28-31-26(18-33-28)24-16-8-12-20-10-4-6-14-22(20)24/h3-16,25-26H,17-18H2,1-2H3/t25-,26-/m0/s1. The highest BCUT2D eigenvalue weighted by Crippen LogP contribution is 2.38. The lowest BCUT2D eigenvalue weighted by atomic mass is 9.92. The summed E-state index contributed by atoms with van der Waals surface area (Å²) in [7, 11) is 0. The van der Waals surface area contributed by atoms with Crippen LogP contribution < -0.4 is 0 Å². The molecule has 0 N–H and O–H groups in total. The van der Waals surface area contributed by atoms with Crippen molar-refractivity contribution in [2.75, 3.05) is 13.2 Å². The molecule has 4 aromatic carbocycles. The van der Waals surface area contributed by atoms with Crippen LogP contribution in [0.1, 0.15) is 37.1 Å². The molecule has 0 unspecified atom stereocenters. The molecule has 0 aliphatic carbocycles. The third kappa shape index (κ3) is 3.37. The molecule has 2 heterocycles. The van der Waals surface area contributed by atoms with E-state index in [9.17, 15) is 0 Å². The lowest BCUT2D eigenvalue weighted by molar-refractivity contribution is 0.265. The monoisotopic (exact) mass is 434 g/mol. The van der Waals surface area contributed by atoms with Crippen LogP contribution in [0, 0.1) is 5.41 Å². The fourth-order valence-electron chi connectivity index (χ4n) is 4.92. The number of ether oxygens (including phenoxy) is 2. The molecular formula is C29H26N2O2. The quantitative estimate of drug-likeness (QED) is 0.360. The summed E-state index contributed by atoms with van der Waals surface area (Å²) in [6.07, 6.45) is 0. The zero-order valence-corrected chi connectivity index (χ0v) is 18.9. The van der Waals surface area contributed by atoms with E-state index in [0.717, 1.165) is 0 Å². The lowest BCUT2D eigenvalue weighted by Gasteiger charge is -2.22. The molecule has 6 rings (SSSR count). The average Bonchev–Trinajstić information content (AvgIpc) is 3.55. The Kier molecular flexibility index (Phi) is 4.68. The van der Waals surface area contributed by atoms with Crippen LogP contribution >= 0.6 is 0 Å². The average molecular weight is 435 g/mol. The van der Waals surface area contributed by atoms with Gasteiger partial charge in [0.25, 0.3) is 0 Å². The summed E-state index contributed by atoms with van der Waals surface area (Å²) in [6, 6.07) is 29.6. The zero-order valence-electron chi connectivity index (χ0n) is 18.9. The van der Waals surface area contributed by atoms with E-state index >= 15 is 0 Å². The number of hydrogen-bond donors (Lipinski definition) is 0. The van der Waals surface area contributed by atoms with Crippen molar-refractivity contribution in [3.8, 4) is 0 Å². The number of rotatable bonds is 4. The van der Waals surface area contributed by atoms with Crippen LogP contribution in [0.5, 0.6) is 0 Å². The number of fused-ring (bicyclic) bond motifs is 2. The maximum Gasteiger partial charge on any atom is 0.199 e. The summed E-state index contributed by atoms with van der Waals surface area (Å²) in [5.41, 5.74) is 1.86. The van der Waals surface area contributed by atoms with Gasteiger partial charge in [0.2, 0.25) is 0 Å². The van der Waals surface area contributed by atoms with Gasteiger partial charge in [0.1, 0.15) is 30.7 Å². The number of aliphatic imine (C=N–C) groups is 2. The van der Waals surface area contributed by atoms with Gasteiger partial charge in [0.15, 0.2) is 11.8 Å². The van der Waals surface area contributed by atoms with Gasteiger partial charge in [0.05, 0.1) is 0 Å². The molecule has 0 aromatic heterocycles. The summed E-state index contributed by atoms with van der Waals surface area (Å²) < 4.78 is 12.3. The van der Waals surface area contributed by atoms with Crippen molar-refractivity contribution in [2.24, 2.45) is 15.4 Å². The van der Waals surface area contributed by atoms with E-state index in [-0.39, 0.29) is 12.1 Å². The van der Waals surface area contributed by atoms with Gasteiger partial charge in [0, 0.05) is 0 Å². The normalized spacial score (nSPS) is 20.4. The van der Waals surface area contributed by atoms with E-state index in [4.69, 9.17) is 19.5 Å². The van der Waals surface area contributed by atoms with Crippen LogP contribution in [-0.2, 0) is 9.47 Å². The van der Waals surface area contributed by atoms with Gasteiger partial charge in [-0.15, -0.1) is 0 Å². The predicted octanol–water partition coefficient (Wildman–Crippen LogP) is 6.66. The second kappa shape index (κ2) is 7.73. The van der Waals surface area contributed by atoms with E-state index in [1.807, 2.05) is 0 Å². The van der Waals surface area contributed by atoms with Gasteiger partial charge in [-0.1, -0.05) is 84.9 Å². The van der Waals surface area contributed by atoms with Crippen LogP contribution in [0.2, 0.25) is 0 Å². The van der Waals surface area contributed by atoms with Crippen molar-refractivity contribution in [2.45, 2.75) is 25.9 Å². The Hall–Kier alpha value is -3.66. The van der Waals surface area contributed by atoms with E-state index in [1.54, 1.807) is 0 Å². The number of hydrogen-bond acceptors (Lipinski definition) is 4. The minimum Gasteiger partial charge on any atom is -0.478 e. The van der Waals surface area contributed by atoms with Crippen LogP contribution in [0.25, 0.3) is 21.5 Å². The molecule has 2 atom stereocenters. The predicted molar refractivity (Wildman–Crippen MR) is 134 cm³/mol. The summed E-state index contributed by atoms with van der Waals surface area (Å²) in [4.78, 5) is 10.0. The molecule has 4 nitrogen and oxygen atoms in total. The molecule has 4 heteroatoms. The maximum absolute atomic E-state index is 6.15. The molecule has 0 spiro atoms. The highest BCUT2D eigenvalue weighted by Gasteiger charge is 2.42. The smallest absolute Gasteiger partial charge is 0.199 e. The summed E-state index contributed by atoms with van der Waals surface area (Å²) in [5.74, 6) is 1.38. The molecule has 0 saturated heterocycles. The topological polar surface area (TPSA) is 43.2 Å². The van der Waals surface area contributed by atoms with Crippen molar-refractivity contribution in [3.05, 3.63) is 96.1 Å². The Morgan fingerprint density at radius 2 is 1.03 bits per heavy atom. The Labute approximate surface area is 193 Å². The van der Waals surface area contributed by atoms with Crippen molar-refractivity contribution >= 4 is 33.3 Å². The van der Waals surface area contributed by atoms with E-state index in [2.05, 4.69) is 98.8 Å². The minimum absolute atomic E-state index is 0.0266.